The zero-order chi connectivity index (χ0) is 55.8. The van der Waals surface area contributed by atoms with Crippen LogP contribution in [0.4, 0.5) is 0 Å². The van der Waals surface area contributed by atoms with E-state index in [-0.39, 0.29) is 39.6 Å². The molecular formula is C67H74O14. The van der Waals surface area contributed by atoms with Crippen LogP contribution in [0.25, 0.3) is 0 Å². The number of hydrogen-bond acceptors (Lipinski definition) is 14. The SMILES string of the molecule is COc1ccc(O[C@@H]2O[C@@H](C)[C@H](OCc3ccccc3)[C@@H](OCc3ccccc3)[C@H]2O[C@@H]2O[C@@H](C)[C@H](OCc3ccccc3)[C@@H](OCc3ccccc3)[C@H]2O[C@@H]2O[C@@H](C)[C@H](OCc3ccccc3)[C@@H](OCc3ccccc3)[C@H]2O)cc1. The Balaban J connectivity index is 1.04. The molecule has 426 valence electrons. The third-order valence-electron chi connectivity index (χ3n) is 14.8. The molecule has 7 aromatic rings. The largest absolute Gasteiger partial charge is 0.497 e. The zero-order valence-corrected chi connectivity index (χ0v) is 46.3. The van der Waals surface area contributed by atoms with E-state index in [1.807, 2.05) is 227 Å². The molecule has 0 bridgehead atoms. The molecule has 0 unspecified atom stereocenters. The highest BCUT2D eigenvalue weighted by Crippen LogP contribution is 2.39. The molecule has 81 heavy (non-hydrogen) atoms. The lowest BCUT2D eigenvalue weighted by Crippen LogP contribution is -2.67. The van der Waals surface area contributed by atoms with Gasteiger partial charge in [-0.1, -0.05) is 182 Å². The number of benzene rings is 7. The highest BCUT2D eigenvalue weighted by Gasteiger charge is 2.56. The monoisotopic (exact) mass is 1100 g/mol. The summed E-state index contributed by atoms with van der Waals surface area (Å²) in [6.07, 6.45) is -14.0. The molecule has 0 spiro atoms. The van der Waals surface area contributed by atoms with Gasteiger partial charge in [-0.25, -0.2) is 0 Å². The first-order valence-corrected chi connectivity index (χ1v) is 28.0. The maximum Gasteiger partial charge on any atom is 0.229 e. The van der Waals surface area contributed by atoms with Crippen LogP contribution in [0.5, 0.6) is 11.5 Å². The molecule has 0 radical (unpaired) electrons. The lowest BCUT2D eigenvalue weighted by molar-refractivity contribution is -0.394. The second kappa shape index (κ2) is 29.1. The van der Waals surface area contributed by atoms with Crippen molar-refractivity contribution in [3.63, 3.8) is 0 Å². The fourth-order valence-corrected chi connectivity index (χ4v) is 10.5. The highest BCUT2D eigenvalue weighted by atomic mass is 16.8. The van der Waals surface area contributed by atoms with Crippen LogP contribution >= 0.6 is 0 Å². The quantitative estimate of drug-likeness (QED) is 0.0580. The summed E-state index contributed by atoms with van der Waals surface area (Å²) in [6.45, 7) is 7.09. The number of hydrogen-bond donors (Lipinski definition) is 1. The molecule has 7 aromatic carbocycles. The van der Waals surface area contributed by atoms with Gasteiger partial charge in [0.1, 0.15) is 60.3 Å². The molecule has 1 N–H and O–H groups in total. The number of methoxy groups -OCH3 is 1. The molecule has 3 aliphatic rings. The molecule has 15 atom stereocenters. The Labute approximate surface area is 475 Å². The summed E-state index contributed by atoms with van der Waals surface area (Å²) in [7, 11) is 1.61. The molecule has 3 fully saturated rings. The van der Waals surface area contributed by atoms with Crippen molar-refractivity contribution in [1.82, 2.24) is 0 Å². The topological polar surface area (TPSA) is 140 Å². The number of rotatable bonds is 25. The molecule has 3 heterocycles. The van der Waals surface area contributed by atoms with Crippen LogP contribution in [0, 0.1) is 0 Å². The average Bonchev–Trinajstić information content (AvgIpc) is 3.59. The maximum absolute atomic E-state index is 12.8. The van der Waals surface area contributed by atoms with Crippen molar-refractivity contribution in [3.05, 3.63) is 240 Å². The second-order valence-electron chi connectivity index (χ2n) is 20.7. The molecule has 14 heteroatoms. The minimum atomic E-state index is -1.40. The van der Waals surface area contributed by atoms with E-state index in [4.69, 9.17) is 61.6 Å². The van der Waals surface area contributed by atoms with Crippen molar-refractivity contribution in [3.8, 4) is 11.5 Å². The number of aliphatic hydroxyl groups is 1. The van der Waals surface area contributed by atoms with Gasteiger partial charge in [-0.3, -0.25) is 0 Å². The van der Waals surface area contributed by atoms with E-state index in [0.717, 1.165) is 33.4 Å². The van der Waals surface area contributed by atoms with E-state index < -0.39 is 92.1 Å². The van der Waals surface area contributed by atoms with Gasteiger partial charge in [0.2, 0.25) is 6.29 Å². The average molecular weight is 1100 g/mol. The van der Waals surface area contributed by atoms with Crippen molar-refractivity contribution in [2.45, 2.75) is 153 Å². The molecule has 3 aliphatic heterocycles. The summed E-state index contributed by atoms with van der Waals surface area (Å²) in [5, 5.41) is 12.8. The Morgan fingerprint density at radius 3 is 0.938 bits per heavy atom. The Kier molecular flexibility index (Phi) is 20.8. The lowest BCUT2D eigenvalue weighted by atomic mass is 9.96. The Bertz CT molecular complexity index is 2870. The molecule has 0 aliphatic carbocycles. The summed E-state index contributed by atoms with van der Waals surface area (Å²) in [6, 6.07) is 66.6. The standard InChI is InChI=1S/C67H74O14/c1-45-57(70-39-48-23-11-5-12-24-48)60(73-42-51-29-17-8-18-30-51)56(68)65(76-45)80-64-62(75-44-53-33-21-10-22-34-53)59(72-41-50-27-15-7-16-28-50)47(3)78-67(64)81-63-61(74-43-52-31-19-9-20-32-52)58(71-40-49-25-13-6-14-26-49)46(2)77-66(63)79-55-37-35-54(69-4)36-38-55/h5-38,45-47,56-68H,39-44H2,1-4H3/t45-,46-,47-,56+,57-,58-,59-,60-,61+,62+,63+,64+,65-,66-,67-/m0/s1. The summed E-state index contributed by atoms with van der Waals surface area (Å²) in [4.78, 5) is 0. The first-order chi connectivity index (χ1) is 39.8. The number of ether oxygens (including phenoxy) is 13. The van der Waals surface area contributed by atoms with Gasteiger partial charge in [0.25, 0.3) is 0 Å². The number of aliphatic hydroxyl groups excluding tert-OH is 1. The maximum atomic E-state index is 12.8. The first kappa shape index (κ1) is 57.9. The van der Waals surface area contributed by atoms with Crippen molar-refractivity contribution in [2.24, 2.45) is 0 Å². The van der Waals surface area contributed by atoms with Crippen LogP contribution in [-0.4, -0.2) is 104 Å². The van der Waals surface area contributed by atoms with Gasteiger partial charge >= 0.3 is 0 Å². The fourth-order valence-electron chi connectivity index (χ4n) is 10.5. The highest BCUT2D eigenvalue weighted by molar-refractivity contribution is 5.31. The van der Waals surface area contributed by atoms with E-state index in [1.165, 1.54) is 0 Å². The van der Waals surface area contributed by atoms with Crippen LogP contribution in [0.1, 0.15) is 54.2 Å². The molecule has 14 nitrogen and oxygen atoms in total. The van der Waals surface area contributed by atoms with Gasteiger partial charge in [0.05, 0.1) is 65.1 Å². The van der Waals surface area contributed by atoms with Crippen LogP contribution in [0.2, 0.25) is 0 Å². The minimum absolute atomic E-state index is 0.171. The molecule has 10 rings (SSSR count). The molecule has 0 amide bonds. The Morgan fingerprint density at radius 1 is 0.309 bits per heavy atom. The van der Waals surface area contributed by atoms with E-state index in [9.17, 15) is 5.11 Å². The summed E-state index contributed by atoms with van der Waals surface area (Å²) >= 11 is 0. The third kappa shape index (κ3) is 15.6. The summed E-state index contributed by atoms with van der Waals surface area (Å²) in [5.41, 5.74) is 5.66. The Morgan fingerprint density at radius 2 is 0.580 bits per heavy atom. The van der Waals surface area contributed by atoms with E-state index in [1.54, 1.807) is 7.11 Å². The summed E-state index contributed by atoms with van der Waals surface area (Å²) in [5.74, 6) is 1.15. The second-order valence-corrected chi connectivity index (χ2v) is 20.7. The van der Waals surface area contributed by atoms with Crippen LogP contribution in [-0.2, 0) is 91.7 Å². The van der Waals surface area contributed by atoms with Crippen LogP contribution in [0.3, 0.4) is 0 Å². The van der Waals surface area contributed by atoms with E-state index in [0.29, 0.717) is 11.5 Å². The molecule has 0 saturated carbocycles. The molecule has 0 aromatic heterocycles. The van der Waals surface area contributed by atoms with Gasteiger partial charge in [-0.05, 0) is 78.4 Å². The first-order valence-electron chi connectivity index (χ1n) is 28.0. The van der Waals surface area contributed by atoms with Gasteiger partial charge < -0.3 is 66.7 Å². The van der Waals surface area contributed by atoms with Gasteiger partial charge in [-0.2, -0.15) is 0 Å². The van der Waals surface area contributed by atoms with Crippen LogP contribution < -0.4 is 9.47 Å². The van der Waals surface area contributed by atoms with Gasteiger partial charge in [0.15, 0.2) is 18.7 Å². The van der Waals surface area contributed by atoms with Gasteiger partial charge in [0, 0.05) is 0 Å². The van der Waals surface area contributed by atoms with Crippen molar-refractivity contribution >= 4 is 0 Å². The fraction of sp³-hybridized carbons (Fsp3) is 0.373. The molecule has 3 saturated heterocycles. The summed E-state index contributed by atoms with van der Waals surface area (Å²) < 4.78 is 89.0. The van der Waals surface area contributed by atoms with E-state index >= 15 is 0 Å². The predicted molar refractivity (Wildman–Crippen MR) is 302 cm³/mol. The van der Waals surface area contributed by atoms with Crippen LogP contribution in [0.15, 0.2) is 206 Å². The lowest BCUT2D eigenvalue weighted by Gasteiger charge is -2.51. The van der Waals surface area contributed by atoms with Crippen molar-refractivity contribution < 1.29 is 66.7 Å². The normalized spacial score (nSPS) is 28.5. The van der Waals surface area contributed by atoms with Crippen molar-refractivity contribution in [1.29, 1.82) is 0 Å². The smallest absolute Gasteiger partial charge is 0.229 e. The zero-order valence-electron chi connectivity index (χ0n) is 46.3. The Hall–Kier alpha value is -6.34. The van der Waals surface area contributed by atoms with E-state index in [2.05, 4.69) is 0 Å². The van der Waals surface area contributed by atoms with Crippen molar-refractivity contribution in [2.75, 3.05) is 7.11 Å². The minimum Gasteiger partial charge on any atom is -0.497 e. The molecular weight excluding hydrogens is 1030 g/mol. The predicted octanol–water partition coefficient (Wildman–Crippen LogP) is 11.0. The third-order valence-corrected chi connectivity index (χ3v) is 14.8. The van der Waals surface area contributed by atoms with Gasteiger partial charge in [-0.15, -0.1) is 0 Å².